The Kier molecular flexibility index (Phi) is 5.68. The molecule has 0 aliphatic carbocycles. The topological polar surface area (TPSA) is 105 Å². The standard InChI is InChI=1S/C13H17BrN2O5/c1-8(7-13(2,15)12(17)20-3)21-11-5-4-9(14)6-10(11)16(18)19/h4-6,8H,7,15H2,1-3H3. The van der Waals surface area contributed by atoms with E-state index in [1.807, 2.05) is 0 Å². The van der Waals surface area contributed by atoms with Crippen LogP contribution >= 0.6 is 15.9 Å². The van der Waals surface area contributed by atoms with Gasteiger partial charge >= 0.3 is 11.7 Å². The Labute approximate surface area is 130 Å². The van der Waals surface area contributed by atoms with Crippen LogP contribution in [0.15, 0.2) is 22.7 Å². The minimum Gasteiger partial charge on any atom is -0.484 e. The van der Waals surface area contributed by atoms with E-state index in [1.54, 1.807) is 13.0 Å². The predicted octanol–water partition coefficient (Wildman–Crippen LogP) is 2.41. The number of ether oxygens (including phenoxy) is 2. The van der Waals surface area contributed by atoms with E-state index in [9.17, 15) is 14.9 Å². The molecule has 21 heavy (non-hydrogen) atoms. The van der Waals surface area contributed by atoms with E-state index >= 15 is 0 Å². The number of carbonyl (C=O) groups is 1. The second-order valence-corrected chi connectivity index (χ2v) is 5.83. The number of esters is 1. The van der Waals surface area contributed by atoms with Crippen molar-refractivity contribution in [3.63, 3.8) is 0 Å². The molecule has 0 radical (unpaired) electrons. The minimum atomic E-state index is -1.22. The molecule has 0 bridgehead atoms. The third kappa shape index (κ3) is 4.68. The summed E-state index contributed by atoms with van der Waals surface area (Å²) in [5.74, 6) is -0.445. The maximum atomic E-state index is 11.5. The molecule has 0 saturated heterocycles. The second kappa shape index (κ2) is 6.86. The van der Waals surface area contributed by atoms with Crippen molar-refractivity contribution in [1.82, 2.24) is 0 Å². The molecule has 2 N–H and O–H groups in total. The van der Waals surface area contributed by atoms with Gasteiger partial charge in [-0.1, -0.05) is 15.9 Å². The first kappa shape index (κ1) is 17.4. The molecule has 8 heteroatoms. The van der Waals surface area contributed by atoms with Gasteiger partial charge < -0.3 is 15.2 Å². The van der Waals surface area contributed by atoms with Gasteiger partial charge in [0.15, 0.2) is 5.75 Å². The van der Waals surface area contributed by atoms with Crippen molar-refractivity contribution in [2.24, 2.45) is 5.73 Å². The van der Waals surface area contributed by atoms with Crippen LogP contribution in [0.1, 0.15) is 20.3 Å². The molecule has 0 aliphatic rings. The first-order valence-electron chi connectivity index (χ1n) is 6.15. The fourth-order valence-electron chi connectivity index (χ4n) is 1.90. The number of hydrogen-bond donors (Lipinski definition) is 1. The van der Waals surface area contributed by atoms with Crippen molar-refractivity contribution in [3.8, 4) is 5.75 Å². The Morgan fingerprint density at radius 3 is 2.71 bits per heavy atom. The number of benzene rings is 1. The van der Waals surface area contributed by atoms with Crippen LogP contribution in [0.3, 0.4) is 0 Å². The molecule has 0 fully saturated rings. The summed E-state index contributed by atoms with van der Waals surface area (Å²) in [6.07, 6.45) is -0.341. The lowest BCUT2D eigenvalue weighted by atomic mass is 9.96. The van der Waals surface area contributed by atoms with Crippen LogP contribution in [0.2, 0.25) is 0 Å². The van der Waals surface area contributed by atoms with Gasteiger partial charge in [-0.2, -0.15) is 0 Å². The molecule has 0 heterocycles. The quantitative estimate of drug-likeness (QED) is 0.474. The van der Waals surface area contributed by atoms with Crippen LogP contribution in [-0.4, -0.2) is 29.6 Å². The molecule has 1 aromatic carbocycles. The third-order valence-corrected chi connectivity index (χ3v) is 3.30. The van der Waals surface area contributed by atoms with Crippen LogP contribution in [0.4, 0.5) is 5.69 Å². The molecular weight excluding hydrogens is 344 g/mol. The number of nitrogens with two attached hydrogens (primary N) is 1. The van der Waals surface area contributed by atoms with Gasteiger partial charge in [0.25, 0.3) is 0 Å². The lowest BCUT2D eigenvalue weighted by molar-refractivity contribution is -0.386. The van der Waals surface area contributed by atoms with E-state index in [-0.39, 0.29) is 17.9 Å². The molecule has 0 spiro atoms. The second-order valence-electron chi connectivity index (χ2n) is 4.91. The number of rotatable bonds is 6. The van der Waals surface area contributed by atoms with Crippen molar-refractivity contribution in [3.05, 3.63) is 32.8 Å². The molecule has 1 aromatic rings. The molecule has 0 amide bonds. The monoisotopic (exact) mass is 360 g/mol. The van der Waals surface area contributed by atoms with Gasteiger partial charge in [0.05, 0.1) is 18.1 Å². The number of nitro groups is 1. The van der Waals surface area contributed by atoms with E-state index in [4.69, 9.17) is 10.5 Å². The molecule has 2 unspecified atom stereocenters. The Morgan fingerprint density at radius 2 is 2.19 bits per heavy atom. The number of carbonyl (C=O) groups excluding carboxylic acids is 1. The zero-order valence-corrected chi connectivity index (χ0v) is 13.5. The number of hydrogen-bond acceptors (Lipinski definition) is 6. The summed E-state index contributed by atoms with van der Waals surface area (Å²) in [7, 11) is 1.25. The van der Waals surface area contributed by atoms with Gasteiger partial charge in [-0.15, -0.1) is 0 Å². The summed E-state index contributed by atoms with van der Waals surface area (Å²) in [6, 6.07) is 4.48. The van der Waals surface area contributed by atoms with E-state index < -0.39 is 22.5 Å². The summed E-state index contributed by atoms with van der Waals surface area (Å²) in [4.78, 5) is 22.0. The molecule has 1 rings (SSSR count). The molecule has 0 saturated carbocycles. The Morgan fingerprint density at radius 1 is 1.57 bits per heavy atom. The highest BCUT2D eigenvalue weighted by Crippen LogP contribution is 2.31. The molecule has 7 nitrogen and oxygen atoms in total. The van der Waals surface area contributed by atoms with E-state index in [0.717, 1.165) is 0 Å². The Balaban J connectivity index is 2.87. The smallest absolute Gasteiger partial charge is 0.325 e. The minimum absolute atomic E-state index is 0.122. The van der Waals surface area contributed by atoms with Gasteiger partial charge in [-0.3, -0.25) is 14.9 Å². The predicted molar refractivity (Wildman–Crippen MR) is 80.1 cm³/mol. The average Bonchev–Trinajstić information content (AvgIpc) is 2.38. The first-order valence-corrected chi connectivity index (χ1v) is 6.94. The molecule has 0 aliphatic heterocycles. The van der Waals surface area contributed by atoms with E-state index in [1.165, 1.54) is 26.2 Å². The highest BCUT2D eigenvalue weighted by atomic mass is 79.9. The van der Waals surface area contributed by atoms with Gasteiger partial charge in [-0.25, -0.2) is 0 Å². The van der Waals surface area contributed by atoms with Crippen LogP contribution < -0.4 is 10.5 Å². The molecule has 0 aromatic heterocycles. The van der Waals surface area contributed by atoms with Crippen LogP contribution in [-0.2, 0) is 9.53 Å². The van der Waals surface area contributed by atoms with Crippen LogP contribution in [0.25, 0.3) is 0 Å². The number of nitro benzene ring substituents is 1. The maximum absolute atomic E-state index is 11.5. The largest absolute Gasteiger partial charge is 0.484 e. The summed E-state index contributed by atoms with van der Waals surface area (Å²) in [6.45, 7) is 3.20. The highest BCUT2D eigenvalue weighted by molar-refractivity contribution is 9.10. The van der Waals surface area contributed by atoms with Gasteiger partial charge in [-0.05, 0) is 26.0 Å². The van der Waals surface area contributed by atoms with Crippen molar-refractivity contribution in [2.75, 3.05) is 7.11 Å². The number of nitrogens with zero attached hydrogens (tertiary/aromatic N) is 1. The SMILES string of the molecule is COC(=O)C(C)(N)CC(C)Oc1ccc(Br)cc1[N+](=O)[O-]. The first-order chi connectivity index (χ1) is 9.67. The number of methoxy groups -OCH3 is 1. The third-order valence-electron chi connectivity index (χ3n) is 2.81. The van der Waals surface area contributed by atoms with Crippen molar-refractivity contribution >= 4 is 27.6 Å². The lowest BCUT2D eigenvalue weighted by Gasteiger charge is -2.25. The normalized spacial score (nSPS) is 14.9. The van der Waals surface area contributed by atoms with Crippen molar-refractivity contribution in [1.29, 1.82) is 0 Å². The zero-order valence-electron chi connectivity index (χ0n) is 12.0. The van der Waals surface area contributed by atoms with Gasteiger partial charge in [0.1, 0.15) is 5.54 Å². The van der Waals surface area contributed by atoms with Gasteiger partial charge in [0, 0.05) is 17.0 Å². The van der Waals surface area contributed by atoms with Gasteiger partial charge in [0.2, 0.25) is 0 Å². The Bertz CT molecular complexity index is 547. The molecule has 2 atom stereocenters. The lowest BCUT2D eigenvalue weighted by Crippen LogP contribution is -2.48. The fraction of sp³-hybridized carbons (Fsp3) is 0.462. The van der Waals surface area contributed by atoms with E-state index in [2.05, 4.69) is 20.7 Å². The summed E-state index contributed by atoms with van der Waals surface area (Å²) in [5.41, 5.74) is 4.47. The Hall–Kier alpha value is -1.67. The fourth-order valence-corrected chi connectivity index (χ4v) is 2.25. The summed E-state index contributed by atoms with van der Waals surface area (Å²) in [5, 5.41) is 11.0. The van der Waals surface area contributed by atoms with E-state index in [0.29, 0.717) is 4.47 Å². The van der Waals surface area contributed by atoms with Crippen LogP contribution in [0, 0.1) is 10.1 Å². The zero-order chi connectivity index (χ0) is 16.2. The molecular formula is C13H17BrN2O5. The maximum Gasteiger partial charge on any atom is 0.325 e. The highest BCUT2D eigenvalue weighted by Gasteiger charge is 2.32. The van der Waals surface area contributed by atoms with Crippen LogP contribution in [0.5, 0.6) is 5.75 Å². The average molecular weight is 361 g/mol. The van der Waals surface area contributed by atoms with Crippen molar-refractivity contribution in [2.45, 2.75) is 31.9 Å². The number of halogens is 1. The summed E-state index contributed by atoms with van der Waals surface area (Å²) >= 11 is 3.17. The van der Waals surface area contributed by atoms with Crippen molar-refractivity contribution < 1.29 is 19.2 Å². The molecule has 116 valence electrons. The summed E-state index contributed by atoms with van der Waals surface area (Å²) < 4.78 is 10.7.